The van der Waals surface area contributed by atoms with E-state index in [4.69, 9.17) is 0 Å². The van der Waals surface area contributed by atoms with Crippen LogP contribution in [0.2, 0.25) is 0 Å². The van der Waals surface area contributed by atoms with Gasteiger partial charge in [0.05, 0.1) is 0 Å². The molecule has 0 aromatic heterocycles. The Kier molecular flexibility index (Phi) is 11.1. The van der Waals surface area contributed by atoms with Gasteiger partial charge in [0.25, 0.3) is 0 Å². The highest BCUT2D eigenvalue weighted by Crippen LogP contribution is 2.37. The summed E-state index contributed by atoms with van der Waals surface area (Å²) in [6.07, 6.45) is 13.7. The summed E-state index contributed by atoms with van der Waals surface area (Å²) in [7, 11) is 0. The third-order valence-corrected chi connectivity index (χ3v) is 6.78. The fraction of sp³-hybridized carbons (Fsp3) is 0.600. The van der Waals surface area contributed by atoms with Crippen LogP contribution in [0.15, 0.2) is 24.3 Å². The van der Waals surface area contributed by atoms with Gasteiger partial charge in [-0.3, -0.25) is 0 Å². The van der Waals surface area contributed by atoms with Crippen LogP contribution >= 0.6 is 0 Å². The molecule has 0 aliphatic heterocycles. The molecule has 0 bridgehead atoms. The standard InChI is InChI=1S/C30H46O2/c1-6-9-11-13-16-24-20-26(18-22(4)29(24)31)28(15-8-3)27-19-23(5)30(32)25(21-27)17-14-12-10-7-2/h18-21,28,31-32H,6-17H2,1-5H3. The van der Waals surface area contributed by atoms with Gasteiger partial charge in [-0.25, -0.2) is 0 Å². The fourth-order valence-electron chi connectivity index (χ4n) is 4.85. The summed E-state index contributed by atoms with van der Waals surface area (Å²) >= 11 is 0. The second kappa shape index (κ2) is 13.6. The summed E-state index contributed by atoms with van der Waals surface area (Å²) in [5.74, 6) is 1.24. The Balaban J connectivity index is 2.36. The van der Waals surface area contributed by atoms with Crippen molar-refractivity contribution >= 4 is 0 Å². The van der Waals surface area contributed by atoms with Gasteiger partial charge in [0.2, 0.25) is 0 Å². The summed E-state index contributed by atoms with van der Waals surface area (Å²) in [6.45, 7) is 10.8. The van der Waals surface area contributed by atoms with E-state index < -0.39 is 0 Å². The minimum Gasteiger partial charge on any atom is -0.507 e. The van der Waals surface area contributed by atoms with E-state index in [9.17, 15) is 10.2 Å². The molecule has 178 valence electrons. The highest BCUT2D eigenvalue weighted by Gasteiger charge is 2.19. The molecule has 0 aliphatic carbocycles. The second-order valence-corrected chi connectivity index (χ2v) is 9.65. The van der Waals surface area contributed by atoms with E-state index in [1.54, 1.807) is 0 Å². The van der Waals surface area contributed by atoms with E-state index in [1.165, 1.54) is 49.7 Å². The van der Waals surface area contributed by atoms with Crippen LogP contribution in [0.1, 0.15) is 124 Å². The van der Waals surface area contributed by atoms with E-state index in [0.29, 0.717) is 17.4 Å². The first-order valence-corrected chi connectivity index (χ1v) is 13.1. The lowest BCUT2D eigenvalue weighted by Gasteiger charge is -2.22. The van der Waals surface area contributed by atoms with Gasteiger partial charge in [0.15, 0.2) is 0 Å². The lowest BCUT2D eigenvalue weighted by atomic mass is 9.83. The molecule has 0 radical (unpaired) electrons. The van der Waals surface area contributed by atoms with Gasteiger partial charge >= 0.3 is 0 Å². The van der Waals surface area contributed by atoms with Crippen LogP contribution < -0.4 is 0 Å². The predicted molar refractivity (Wildman–Crippen MR) is 138 cm³/mol. The SMILES string of the molecule is CCCCCCc1cc(C(CCC)c2cc(C)c(O)c(CCCCCC)c2)cc(C)c1O. The van der Waals surface area contributed by atoms with E-state index in [2.05, 4.69) is 45.0 Å². The van der Waals surface area contributed by atoms with Crippen molar-refractivity contribution in [2.45, 2.75) is 118 Å². The van der Waals surface area contributed by atoms with E-state index in [0.717, 1.165) is 60.8 Å². The molecule has 2 heteroatoms. The Bertz CT molecular complexity index is 770. The number of hydrogen-bond donors (Lipinski definition) is 2. The zero-order valence-electron chi connectivity index (χ0n) is 21.3. The monoisotopic (exact) mass is 438 g/mol. The molecule has 32 heavy (non-hydrogen) atoms. The molecule has 0 saturated carbocycles. The lowest BCUT2D eigenvalue weighted by molar-refractivity contribution is 0.461. The zero-order valence-corrected chi connectivity index (χ0v) is 21.3. The molecule has 0 unspecified atom stereocenters. The molecular formula is C30H46O2. The average molecular weight is 439 g/mol. The maximum Gasteiger partial charge on any atom is 0.121 e. The maximum absolute atomic E-state index is 10.7. The van der Waals surface area contributed by atoms with Gasteiger partial charge in [-0.15, -0.1) is 0 Å². The topological polar surface area (TPSA) is 40.5 Å². The van der Waals surface area contributed by atoms with E-state index in [-0.39, 0.29) is 0 Å². The Hall–Kier alpha value is -1.96. The summed E-state index contributed by atoms with van der Waals surface area (Å²) in [4.78, 5) is 0. The number of rotatable bonds is 14. The highest BCUT2D eigenvalue weighted by atomic mass is 16.3. The summed E-state index contributed by atoms with van der Waals surface area (Å²) in [5, 5.41) is 21.4. The molecule has 2 N–H and O–H groups in total. The van der Waals surface area contributed by atoms with Crippen molar-refractivity contribution < 1.29 is 10.2 Å². The van der Waals surface area contributed by atoms with Crippen molar-refractivity contribution in [1.29, 1.82) is 0 Å². The molecule has 0 aliphatic rings. The van der Waals surface area contributed by atoms with Crippen LogP contribution in [0, 0.1) is 13.8 Å². The van der Waals surface area contributed by atoms with Crippen molar-refractivity contribution in [2.75, 3.05) is 0 Å². The van der Waals surface area contributed by atoms with Gasteiger partial charge in [-0.1, -0.05) is 90.0 Å². The van der Waals surface area contributed by atoms with Crippen molar-refractivity contribution in [3.8, 4) is 11.5 Å². The summed E-state index contributed by atoms with van der Waals surface area (Å²) in [6, 6.07) is 8.85. The quantitative estimate of drug-likeness (QED) is 0.289. The number of hydrogen-bond acceptors (Lipinski definition) is 2. The number of aromatic hydroxyl groups is 2. The Labute approximate surface area is 197 Å². The fourth-order valence-corrected chi connectivity index (χ4v) is 4.85. The third kappa shape index (κ3) is 7.29. The van der Waals surface area contributed by atoms with Gasteiger partial charge in [0.1, 0.15) is 11.5 Å². The third-order valence-electron chi connectivity index (χ3n) is 6.78. The second-order valence-electron chi connectivity index (χ2n) is 9.65. The van der Waals surface area contributed by atoms with Crippen molar-refractivity contribution in [2.24, 2.45) is 0 Å². The van der Waals surface area contributed by atoms with Crippen LogP contribution in [0.3, 0.4) is 0 Å². The first-order chi connectivity index (χ1) is 15.4. The number of benzene rings is 2. The zero-order chi connectivity index (χ0) is 23.5. The Morgan fingerprint density at radius 2 is 1.03 bits per heavy atom. The lowest BCUT2D eigenvalue weighted by Crippen LogP contribution is -2.05. The maximum atomic E-state index is 10.7. The number of phenolic OH excluding ortho intramolecular Hbond substituents is 2. The molecule has 0 heterocycles. The molecule has 2 rings (SSSR count). The van der Waals surface area contributed by atoms with Crippen LogP contribution in [0.4, 0.5) is 0 Å². The molecule has 2 aromatic rings. The minimum absolute atomic E-state index is 0.294. The number of aryl methyl sites for hydroxylation is 4. The van der Waals surface area contributed by atoms with Crippen LogP contribution in [0.25, 0.3) is 0 Å². The average Bonchev–Trinajstić information content (AvgIpc) is 2.78. The van der Waals surface area contributed by atoms with Gasteiger partial charge in [-0.2, -0.15) is 0 Å². The molecule has 0 fully saturated rings. The van der Waals surface area contributed by atoms with Gasteiger partial charge in [0, 0.05) is 5.92 Å². The Morgan fingerprint density at radius 3 is 1.41 bits per heavy atom. The largest absolute Gasteiger partial charge is 0.507 e. The molecule has 0 amide bonds. The molecule has 2 nitrogen and oxygen atoms in total. The predicted octanol–water partition coefficient (Wildman–Crippen LogP) is 8.89. The summed E-state index contributed by atoms with van der Waals surface area (Å²) < 4.78 is 0. The van der Waals surface area contributed by atoms with E-state index in [1.807, 2.05) is 13.8 Å². The number of unbranched alkanes of at least 4 members (excludes halogenated alkanes) is 6. The van der Waals surface area contributed by atoms with Gasteiger partial charge in [-0.05, 0) is 79.3 Å². The molecule has 0 spiro atoms. The van der Waals surface area contributed by atoms with E-state index >= 15 is 0 Å². The first-order valence-electron chi connectivity index (χ1n) is 13.1. The molecule has 0 atom stereocenters. The minimum atomic E-state index is 0.294. The van der Waals surface area contributed by atoms with Crippen LogP contribution in [-0.4, -0.2) is 10.2 Å². The van der Waals surface area contributed by atoms with Gasteiger partial charge < -0.3 is 10.2 Å². The van der Waals surface area contributed by atoms with Crippen molar-refractivity contribution in [3.05, 3.63) is 57.6 Å². The van der Waals surface area contributed by atoms with Crippen LogP contribution in [-0.2, 0) is 12.8 Å². The summed E-state index contributed by atoms with van der Waals surface area (Å²) in [5.41, 5.74) is 6.73. The Morgan fingerprint density at radius 1 is 0.594 bits per heavy atom. The smallest absolute Gasteiger partial charge is 0.121 e. The normalized spacial score (nSPS) is 11.4. The number of phenols is 2. The van der Waals surface area contributed by atoms with Crippen LogP contribution in [0.5, 0.6) is 11.5 Å². The van der Waals surface area contributed by atoms with Crippen molar-refractivity contribution in [3.63, 3.8) is 0 Å². The molecule has 0 saturated heterocycles. The molecule has 2 aromatic carbocycles. The molecular weight excluding hydrogens is 392 g/mol. The van der Waals surface area contributed by atoms with Crippen molar-refractivity contribution in [1.82, 2.24) is 0 Å². The first kappa shape index (κ1) is 26.3. The highest BCUT2D eigenvalue weighted by molar-refractivity contribution is 5.50.